The number of carbonyl (C=O) groups excluding carboxylic acids is 1. The number of allylic oxidation sites excluding steroid dienone is 1. The smallest absolute Gasteiger partial charge is 0.339 e. The van der Waals surface area contributed by atoms with Gasteiger partial charge in [0.1, 0.15) is 5.38 Å². The SMILES string of the molecule is C#CC(C)(OC(=O)c1cccc(-[s+]2ccc3ccccc32)c1)C1CCCC=C1C. The minimum absolute atomic E-state index is 0.0694. The number of ether oxygens (including phenoxy) is 1. The standard InChI is InChI=1S/C26H25O2S/c1-4-26(3,23-14-7-5-10-19(23)2)28-25(27)21-12-9-13-22(18-21)29-17-16-20-11-6-8-15-24(20)29/h1,6,8-13,15-18,23H,5,7,14H2,2-3H3/q+1. The van der Waals surface area contributed by atoms with Gasteiger partial charge in [0.25, 0.3) is 0 Å². The van der Waals surface area contributed by atoms with E-state index in [9.17, 15) is 4.79 Å². The molecule has 2 nitrogen and oxygen atoms in total. The second-order valence-corrected chi connectivity index (χ2v) is 9.64. The molecule has 0 saturated carbocycles. The highest BCUT2D eigenvalue weighted by atomic mass is 32.2. The van der Waals surface area contributed by atoms with Gasteiger partial charge in [0.2, 0.25) is 0 Å². The first-order valence-corrected chi connectivity index (χ1v) is 11.3. The molecule has 3 unspecified atom stereocenters. The van der Waals surface area contributed by atoms with Crippen molar-refractivity contribution in [2.24, 2.45) is 5.92 Å². The number of thiophene rings is 1. The van der Waals surface area contributed by atoms with E-state index in [0.717, 1.165) is 24.2 Å². The Morgan fingerprint density at radius 1 is 1.21 bits per heavy atom. The van der Waals surface area contributed by atoms with Gasteiger partial charge in [0.15, 0.2) is 15.2 Å². The lowest BCUT2D eigenvalue weighted by atomic mass is 9.77. The van der Waals surface area contributed by atoms with Gasteiger partial charge in [-0.2, -0.15) is 0 Å². The first-order chi connectivity index (χ1) is 14.0. The van der Waals surface area contributed by atoms with Crippen molar-refractivity contribution in [2.75, 3.05) is 0 Å². The third-order valence-corrected chi connectivity index (χ3v) is 7.85. The fourth-order valence-electron chi connectivity index (χ4n) is 4.18. The van der Waals surface area contributed by atoms with Crippen molar-refractivity contribution in [2.45, 2.75) is 38.7 Å². The summed E-state index contributed by atoms with van der Waals surface area (Å²) in [6, 6.07) is 18.3. The normalized spacial score (nSPS) is 19.1. The molecule has 1 aromatic heterocycles. The Bertz CT molecular complexity index is 1130. The van der Waals surface area contributed by atoms with E-state index in [1.807, 2.05) is 25.1 Å². The molecular weight excluding hydrogens is 376 g/mol. The van der Waals surface area contributed by atoms with Crippen LogP contribution >= 0.6 is 10.5 Å². The summed E-state index contributed by atoms with van der Waals surface area (Å²) in [7, 11) is -0.165. The zero-order valence-electron chi connectivity index (χ0n) is 16.9. The number of benzene rings is 2. The molecule has 0 spiro atoms. The summed E-state index contributed by atoms with van der Waals surface area (Å²) in [6.07, 6.45) is 11.1. The van der Waals surface area contributed by atoms with Crippen molar-refractivity contribution in [3.63, 3.8) is 0 Å². The average molecular weight is 402 g/mol. The summed E-state index contributed by atoms with van der Waals surface area (Å²) in [6.45, 7) is 3.94. The van der Waals surface area contributed by atoms with Gasteiger partial charge >= 0.3 is 5.97 Å². The topological polar surface area (TPSA) is 26.3 Å². The van der Waals surface area contributed by atoms with Crippen LogP contribution in [0.3, 0.4) is 0 Å². The number of rotatable bonds is 4. The summed E-state index contributed by atoms with van der Waals surface area (Å²) in [4.78, 5) is 14.1. The molecule has 2 aromatic carbocycles. The molecule has 3 aromatic rings. The van der Waals surface area contributed by atoms with Crippen LogP contribution in [0.4, 0.5) is 0 Å². The lowest BCUT2D eigenvalue weighted by molar-refractivity contribution is -0.00496. The second-order valence-electron chi connectivity index (χ2n) is 7.78. The van der Waals surface area contributed by atoms with Gasteiger partial charge in [0.05, 0.1) is 5.56 Å². The fraction of sp³-hybridized carbons (Fsp3) is 0.269. The Morgan fingerprint density at radius 3 is 2.83 bits per heavy atom. The van der Waals surface area contributed by atoms with Crippen LogP contribution in [0.5, 0.6) is 0 Å². The van der Waals surface area contributed by atoms with Gasteiger partial charge < -0.3 is 4.74 Å². The molecular formula is C26H25O2S+. The third-order valence-electron chi connectivity index (χ3n) is 5.83. The molecule has 3 atom stereocenters. The van der Waals surface area contributed by atoms with Crippen LogP contribution in [-0.2, 0) is 4.74 Å². The highest BCUT2D eigenvalue weighted by Crippen LogP contribution is 2.40. The van der Waals surface area contributed by atoms with Crippen molar-refractivity contribution >= 4 is 26.5 Å². The zero-order chi connectivity index (χ0) is 20.4. The Morgan fingerprint density at radius 2 is 2.03 bits per heavy atom. The molecule has 0 saturated heterocycles. The zero-order valence-corrected chi connectivity index (χ0v) is 17.7. The van der Waals surface area contributed by atoms with Crippen molar-refractivity contribution in [1.29, 1.82) is 0 Å². The number of hydrogen-bond acceptors (Lipinski definition) is 2. The predicted molar refractivity (Wildman–Crippen MR) is 122 cm³/mol. The van der Waals surface area contributed by atoms with E-state index in [4.69, 9.17) is 11.2 Å². The summed E-state index contributed by atoms with van der Waals surface area (Å²) in [5.74, 6) is 2.48. The average Bonchev–Trinajstić information content (AvgIpc) is 3.18. The molecule has 0 aliphatic heterocycles. The molecule has 3 heteroatoms. The summed E-state index contributed by atoms with van der Waals surface area (Å²) in [5, 5.41) is 3.44. The largest absolute Gasteiger partial charge is 0.442 e. The monoisotopic (exact) mass is 401 g/mol. The highest BCUT2D eigenvalue weighted by Gasteiger charge is 2.38. The Labute approximate surface area is 175 Å². The minimum Gasteiger partial charge on any atom is -0.442 e. The van der Waals surface area contributed by atoms with Crippen molar-refractivity contribution in [3.05, 3.63) is 77.2 Å². The number of hydrogen-bond donors (Lipinski definition) is 0. The molecule has 1 heterocycles. The maximum atomic E-state index is 13.0. The Kier molecular flexibility index (Phi) is 5.30. The van der Waals surface area contributed by atoms with Gasteiger partial charge in [-0.15, -0.1) is 6.42 Å². The Hall–Kier alpha value is -2.83. The van der Waals surface area contributed by atoms with Crippen LogP contribution in [0.25, 0.3) is 15.0 Å². The van der Waals surface area contributed by atoms with Crippen LogP contribution in [0, 0.1) is 18.3 Å². The lowest BCUT2D eigenvalue weighted by Gasteiger charge is -2.35. The van der Waals surface area contributed by atoms with Crippen molar-refractivity contribution in [1.82, 2.24) is 0 Å². The summed E-state index contributed by atoms with van der Waals surface area (Å²) < 4.78 is 7.23. The summed E-state index contributed by atoms with van der Waals surface area (Å²) in [5.41, 5.74) is 0.829. The molecule has 4 rings (SSSR count). The number of esters is 1. The van der Waals surface area contributed by atoms with Crippen LogP contribution in [0.2, 0.25) is 0 Å². The van der Waals surface area contributed by atoms with E-state index in [2.05, 4.69) is 54.6 Å². The highest BCUT2D eigenvalue weighted by molar-refractivity contribution is 7.43. The molecule has 29 heavy (non-hydrogen) atoms. The minimum atomic E-state index is -0.934. The molecule has 146 valence electrons. The molecule has 0 bridgehead atoms. The third kappa shape index (κ3) is 3.73. The van der Waals surface area contributed by atoms with E-state index in [-0.39, 0.29) is 22.4 Å². The van der Waals surface area contributed by atoms with Crippen molar-refractivity contribution in [3.8, 4) is 17.2 Å². The van der Waals surface area contributed by atoms with Gasteiger partial charge in [-0.05, 0) is 57.4 Å². The summed E-state index contributed by atoms with van der Waals surface area (Å²) >= 11 is 0. The van der Waals surface area contributed by atoms with Crippen LogP contribution in [0.15, 0.2) is 71.6 Å². The number of fused-ring (bicyclic) bond motifs is 1. The predicted octanol–water partition coefficient (Wildman–Crippen LogP) is 6.87. The molecule has 0 radical (unpaired) electrons. The number of carbonyl (C=O) groups is 1. The number of terminal acetylenes is 1. The van der Waals surface area contributed by atoms with E-state index in [0.29, 0.717) is 5.56 Å². The fourth-order valence-corrected chi connectivity index (χ4v) is 6.12. The van der Waals surface area contributed by atoms with E-state index in [1.165, 1.54) is 15.7 Å². The van der Waals surface area contributed by atoms with Gasteiger partial charge in [-0.25, -0.2) is 4.79 Å². The van der Waals surface area contributed by atoms with Gasteiger partial charge in [0, 0.05) is 33.9 Å². The van der Waals surface area contributed by atoms with E-state index in [1.54, 1.807) is 6.07 Å². The first kappa shape index (κ1) is 19.5. The van der Waals surface area contributed by atoms with Crippen LogP contribution < -0.4 is 0 Å². The van der Waals surface area contributed by atoms with Crippen molar-refractivity contribution < 1.29 is 9.53 Å². The van der Waals surface area contributed by atoms with Crippen LogP contribution in [-0.4, -0.2) is 11.6 Å². The lowest BCUT2D eigenvalue weighted by Crippen LogP contribution is -2.40. The Balaban J connectivity index is 1.63. The maximum Gasteiger partial charge on any atom is 0.339 e. The molecule has 1 aliphatic rings. The van der Waals surface area contributed by atoms with E-state index >= 15 is 0 Å². The van der Waals surface area contributed by atoms with E-state index < -0.39 is 5.60 Å². The van der Waals surface area contributed by atoms with Crippen LogP contribution in [0.1, 0.15) is 43.5 Å². The molecule has 1 aliphatic carbocycles. The molecule has 0 fully saturated rings. The molecule has 0 amide bonds. The first-order valence-electron chi connectivity index (χ1n) is 10.00. The van der Waals surface area contributed by atoms with Gasteiger partial charge in [-0.3, -0.25) is 0 Å². The van der Waals surface area contributed by atoms with Gasteiger partial charge in [-0.1, -0.05) is 35.8 Å². The molecule has 0 N–H and O–H groups in total. The second kappa shape index (κ2) is 7.89. The quantitative estimate of drug-likeness (QED) is 0.206. The maximum absolute atomic E-state index is 13.0.